The highest BCUT2D eigenvalue weighted by atomic mass is 35.5. The number of nitrogens with one attached hydrogen (secondary N) is 1. The van der Waals surface area contributed by atoms with Gasteiger partial charge < -0.3 is 4.74 Å². The second kappa shape index (κ2) is 11.0. The van der Waals surface area contributed by atoms with E-state index >= 15 is 0 Å². The van der Waals surface area contributed by atoms with Gasteiger partial charge in [0.1, 0.15) is 6.54 Å². The lowest BCUT2D eigenvalue weighted by Crippen LogP contribution is -2.38. The van der Waals surface area contributed by atoms with E-state index in [4.69, 9.17) is 11.6 Å². The van der Waals surface area contributed by atoms with E-state index in [2.05, 4.69) is 20.3 Å². The van der Waals surface area contributed by atoms with E-state index in [1.807, 2.05) is 13.0 Å². The van der Waals surface area contributed by atoms with E-state index in [9.17, 15) is 18.0 Å². The number of amides is 1. The number of aryl methyl sites for hydroxylation is 1. The van der Waals surface area contributed by atoms with Crippen molar-refractivity contribution in [2.24, 2.45) is 0 Å². The molecule has 13 heteroatoms. The summed E-state index contributed by atoms with van der Waals surface area (Å²) in [4.78, 5) is 24.0. The van der Waals surface area contributed by atoms with Gasteiger partial charge in [0.05, 0.1) is 23.4 Å². The smallest absolute Gasteiger partial charge is 0.316 e. The Morgan fingerprint density at radius 2 is 1.91 bits per heavy atom. The largest absolute Gasteiger partial charge is 0.468 e. The molecule has 0 aliphatic heterocycles. The van der Waals surface area contributed by atoms with Crippen molar-refractivity contribution < 1.29 is 22.7 Å². The Labute approximate surface area is 204 Å². The lowest BCUT2D eigenvalue weighted by molar-refractivity contribution is -0.137. The molecule has 9 nitrogen and oxygen atoms in total. The fourth-order valence-corrected chi connectivity index (χ4v) is 5.76. The van der Waals surface area contributed by atoms with Gasteiger partial charge in [-0.3, -0.25) is 19.2 Å². The molecule has 1 aromatic heterocycles. The van der Waals surface area contributed by atoms with Crippen LogP contribution < -0.4 is 9.62 Å². The molecule has 0 spiro atoms. The highest BCUT2D eigenvalue weighted by molar-refractivity contribution is 8.01. The number of aromatic nitrogens is 2. The van der Waals surface area contributed by atoms with E-state index in [0.29, 0.717) is 15.0 Å². The number of carbonyl (C=O) groups is 2. The maximum Gasteiger partial charge on any atom is 0.316 e. The number of carbonyl (C=O) groups excluding carboxylic acids is 2. The minimum Gasteiger partial charge on any atom is -0.468 e. The van der Waals surface area contributed by atoms with E-state index in [-0.39, 0.29) is 15.8 Å². The Balaban J connectivity index is 1.81. The molecule has 0 bridgehead atoms. The molecule has 33 heavy (non-hydrogen) atoms. The van der Waals surface area contributed by atoms with Crippen LogP contribution in [-0.2, 0) is 24.3 Å². The summed E-state index contributed by atoms with van der Waals surface area (Å²) in [5.41, 5.74) is 1.17. The minimum absolute atomic E-state index is 0.00128. The Morgan fingerprint density at radius 1 is 1.18 bits per heavy atom. The zero-order valence-corrected chi connectivity index (χ0v) is 20.7. The van der Waals surface area contributed by atoms with Gasteiger partial charge in [-0.15, -0.1) is 10.2 Å². The fourth-order valence-electron chi connectivity index (χ4n) is 2.62. The van der Waals surface area contributed by atoms with Crippen molar-refractivity contribution in [3.05, 3.63) is 59.1 Å². The van der Waals surface area contributed by atoms with E-state index in [0.717, 1.165) is 33.0 Å². The van der Waals surface area contributed by atoms with Crippen LogP contribution in [0.4, 0.5) is 10.8 Å². The van der Waals surface area contributed by atoms with Crippen molar-refractivity contribution in [1.29, 1.82) is 0 Å². The topological polar surface area (TPSA) is 119 Å². The summed E-state index contributed by atoms with van der Waals surface area (Å²) in [6.45, 7) is 1.34. The van der Waals surface area contributed by atoms with E-state index < -0.39 is 28.4 Å². The van der Waals surface area contributed by atoms with Gasteiger partial charge in [-0.2, -0.15) is 0 Å². The van der Waals surface area contributed by atoms with Crippen LogP contribution >= 0.6 is 34.7 Å². The average Bonchev–Trinajstić information content (AvgIpc) is 3.23. The Kier molecular flexibility index (Phi) is 8.30. The van der Waals surface area contributed by atoms with Crippen molar-refractivity contribution in [2.45, 2.75) is 16.2 Å². The second-order valence-electron chi connectivity index (χ2n) is 6.59. The molecule has 3 rings (SSSR count). The number of nitrogens with zero attached hydrogens (tertiary/aromatic N) is 3. The molecule has 0 saturated heterocycles. The van der Waals surface area contributed by atoms with Gasteiger partial charge in [-0.1, -0.05) is 46.8 Å². The summed E-state index contributed by atoms with van der Waals surface area (Å²) in [5, 5.41) is 10.9. The van der Waals surface area contributed by atoms with E-state index in [1.54, 1.807) is 18.2 Å². The lowest BCUT2D eigenvalue weighted by atomic mass is 10.2. The number of esters is 1. The zero-order chi connectivity index (χ0) is 24.0. The van der Waals surface area contributed by atoms with E-state index in [1.165, 1.54) is 31.4 Å². The number of hydrogen-bond acceptors (Lipinski definition) is 9. The molecule has 1 amide bonds. The number of rotatable bonds is 9. The quantitative estimate of drug-likeness (QED) is 0.255. The number of benzene rings is 2. The maximum absolute atomic E-state index is 13.4. The molecule has 174 valence electrons. The van der Waals surface area contributed by atoms with Crippen LogP contribution in [0.1, 0.15) is 5.56 Å². The van der Waals surface area contributed by atoms with Crippen LogP contribution in [0.5, 0.6) is 0 Å². The number of thioether (sulfide) groups is 1. The van der Waals surface area contributed by atoms with Crippen molar-refractivity contribution in [3.8, 4) is 0 Å². The molecule has 0 aliphatic rings. The molecule has 0 unspecified atom stereocenters. The highest BCUT2D eigenvalue weighted by Gasteiger charge is 2.27. The molecule has 0 radical (unpaired) electrons. The highest BCUT2D eigenvalue weighted by Crippen LogP contribution is 2.27. The predicted molar refractivity (Wildman–Crippen MR) is 128 cm³/mol. The van der Waals surface area contributed by atoms with Gasteiger partial charge in [-0.05, 0) is 48.9 Å². The second-order valence-corrected chi connectivity index (χ2v) is 11.1. The zero-order valence-electron chi connectivity index (χ0n) is 17.5. The number of anilines is 2. The van der Waals surface area contributed by atoms with Gasteiger partial charge in [0.15, 0.2) is 4.34 Å². The third-order valence-corrected chi connectivity index (χ3v) is 8.16. The van der Waals surface area contributed by atoms with Gasteiger partial charge >= 0.3 is 5.97 Å². The third-order valence-electron chi connectivity index (χ3n) is 4.17. The van der Waals surface area contributed by atoms with Crippen LogP contribution in [0, 0.1) is 6.92 Å². The molecule has 2 aromatic carbocycles. The van der Waals surface area contributed by atoms with Gasteiger partial charge in [-0.25, -0.2) is 8.42 Å². The maximum atomic E-state index is 13.4. The monoisotopic (exact) mass is 526 g/mol. The lowest BCUT2D eigenvalue weighted by Gasteiger charge is -2.24. The predicted octanol–water partition coefficient (Wildman–Crippen LogP) is 3.60. The molecule has 1 heterocycles. The average molecular weight is 527 g/mol. The summed E-state index contributed by atoms with van der Waals surface area (Å²) < 4.78 is 32.8. The first-order valence-corrected chi connectivity index (χ1v) is 13.0. The number of halogens is 1. The molecule has 3 aromatic rings. The normalized spacial score (nSPS) is 11.1. The number of ether oxygens (including phenoxy) is 1. The first-order valence-electron chi connectivity index (χ1n) is 9.37. The summed E-state index contributed by atoms with van der Waals surface area (Å²) in [5.74, 6) is -0.962. The van der Waals surface area contributed by atoms with Crippen molar-refractivity contribution in [1.82, 2.24) is 10.2 Å². The van der Waals surface area contributed by atoms with Crippen molar-refractivity contribution >= 4 is 67.4 Å². The first kappa shape index (κ1) is 25.0. The molecule has 0 fully saturated rings. The summed E-state index contributed by atoms with van der Waals surface area (Å²) in [7, 11) is -2.78. The van der Waals surface area contributed by atoms with Crippen molar-refractivity contribution in [3.63, 3.8) is 0 Å². The molecule has 0 atom stereocenters. The Bertz CT molecular complexity index is 1250. The summed E-state index contributed by atoms with van der Waals surface area (Å²) in [6, 6.07) is 12.5. The molecule has 0 aliphatic carbocycles. The summed E-state index contributed by atoms with van der Waals surface area (Å²) in [6.07, 6.45) is 0. The molecule has 0 saturated carbocycles. The minimum atomic E-state index is -4.07. The van der Waals surface area contributed by atoms with Gasteiger partial charge in [0.2, 0.25) is 11.0 Å². The van der Waals surface area contributed by atoms with Crippen LogP contribution in [-0.4, -0.2) is 49.9 Å². The Hall–Kier alpha value is -2.67. The molecular weight excluding hydrogens is 508 g/mol. The third kappa shape index (κ3) is 6.67. The van der Waals surface area contributed by atoms with Crippen molar-refractivity contribution in [2.75, 3.05) is 29.0 Å². The Morgan fingerprint density at radius 3 is 2.58 bits per heavy atom. The van der Waals surface area contributed by atoms with Gasteiger partial charge in [0.25, 0.3) is 10.0 Å². The fraction of sp³-hybridized carbons (Fsp3) is 0.200. The van der Waals surface area contributed by atoms with Crippen LogP contribution in [0.3, 0.4) is 0 Å². The van der Waals surface area contributed by atoms with Crippen LogP contribution in [0.15, 0.2) is 57.8 Å². The van der Waals surface area contributed by atoms with Gasteiger partial charge in [0, 0.05) is 5.02 Å². The van der Waals surface area contributed by atoms with Crippen LogP contribution in [0.25, 0.3) is 0 Å². The summed E-state index contributed by atoms with van der Waals surface area (Å²) >= 11 is 8.07. The van der Waals surface area contributed by atoms with Crippen LogP contribution in [0.2, 0.25) is 5.02 Å². The SMILES string of the molecule is COC(=O)CSc1nnc(NC(=O)CN(c2cccc(C)c2)S(=O)(=O)c2ccc(Cl)cc2)s1. The molecular formula is C20H19ClN4O5S3. The number of hydrogen-bond donors (Lipinski definition) is 1. The molecule has 1 N–H and O–H groups in total. The standard InChI is InChI=1S/C20H19ClN4O5S3/c1-13-4-3-5-15(10-13)25(33(28,29)16-8-6-14(21)7-9-16)11-17(26)22-19-23-24-20(32-19)31-12-18(27)30-2/h3-10H,11-12H2,1-2H3,(H,22,23,26). The number of methoxy groups -OCH3 is 1. The first-order chi connectivity index (χ1) is 15.7. The number of sulfonamides is 1.